The SMILES string of the molecule is Cc1ccc(-c2cccc3c2C=C(CC(C)(C)C)[CH]3[Zr]([Cl])([Cl])([CH]2C(CC(C)(C)C)=Cc3c(-c4ccc(C)cc4)cccc32)[SiH](C)C)cc1. The van der Waals surface area contributed by atoms with Gasteiger partial charge in [0.1, 0.15) is 0 Å². The van der Waals surface area contributed by atoms with Gasteiger partial charge in [0.25, 0.3) is 0 Å². The Kier molecular flexibility index (Phi) is 9.46. The molecule has 0 amide bonds. The summed E-state index contributed by atoms with van der Waals surface area (Å²) in [4.78, 5) is 0. The average molecular weight is 772 g/mol. The number of benzene rings is 4. The minimum atomic E-state index is -4.95. The van der Waals surface area contributed by atoms with E-state index in [-0.39, 0.29) is 18.1 Å². The quantitative estimate of drug-likeness (QED) is 0.164. The molecule has 6 rings (SSSR count). The van der Waals surface area contributed by atoms with Crippen molar-refractivity contribution in [2.75, 3.05) is 0 Å². The maximum atomic E-state index is 8.84. The van der Waals surface area contributed by atoms with Crippen molar-refractivity contribution >= 4 is 35.1 Å². The molecule has 0 aliphatic heterocycles. The molecule has 2 aliphatic rings. The minimum absolute atomic E-state index is 0.0726. The van der Waals surface area contributed by atoms with Gasteiger partial charge >= 0.3 is 302 Å². The van der Waals surface area contributed by atoms with Crippen molar-refractivity contribution < 1.29 is 15.6 Å². The van der Waals surface area contributed by atoms with E-state index in [1.807, 2.05) is 0 Å². The molecular weight excluding hydrogens is 719 g/mol. The van der Waals surface area contributed by atoms with Gasteiger partial charge in [0, 0.05) is 0 Å². The molecule has 0 spiro atoms. The summed E-state index contributed by atoms with van der Waals surface area (Å²) >= 11 is -4.95. The van der Waals surface area contributed by atoms with Gasteiger partial charge in [-0.3, -0.25) is 0 Å². The van der Waals surface area contributed by atoms with Gasteiger partial charge in [-0.1, -0.05) is 0 Å². The van der Waals surface area contributed by atoms with Crippen LogP contribution in [0.1, 0.15) is 95.0 Å². The zero-order valence-corrected chi connectivity index (χ0v) is 35.8. The van der Waals surface area contributed by atoms with Crippen LogP contribution >= 0.6 is 17.0 Å². The molecule has 0 nitrogen and oxygen atoms in total. The topological polar surface area (TPSA) is 0 Å². The fourth-order valence-corrected chi connectivity index (χ4v) is 39.9. The molecule has 4 aromatic rings. The van der Waals surface area contributed by atoms with E-state index in [4.69, 9.17) is 17.0 Å². The molecule has 251 valence electrons. The van der Waals surface area contributed by atoms with Gasteiger partial charge in [-0.25, -0.2) is 0 Å². The normalized spacial score (nSPS) is 18.6. The fourth-order valence-electron chi connectivity index (χ4n) is 8.57. The van der Waals surface area contributed by atoms with Crippen LogP contribution in [-0.2, 0) is 15.6 Å². The number of halogens is 2. The first-order valence-corrected chi connectivity index (χ1v) is 34.1. The molecule has 0 heterocycles. The van der Waals surface area contributed by atoms with E-state index in [9.17, 15) is 0 Å². The Bertz CT molecular complexity index is 1780. The van der Waals surface area contributed by atoms with E-state index < -0.39 is 21.5 Å². The molecule has 48 heavy (non-hydrogen) atoms. The van der Waals surface area contributed by atoms with Gasteiger partial charge in [-0.05, 0) is 0 Å². The Balaban J connectivity index is 1.63. The van der Waals surface area contributed by atoms with Crippen LogP contribution in [0.2, 0.25) is 13.1 Å². The average Bonchev–Trinajstić information content (AvgIpc) is 3.54. The predicted octanol–water partition coefficient (Wildman–Crippen LogP) is 14.1. The molecule has 4 aromatic carbocycles. The van der Waals surface area contributed by atoms with Gasteiger partial charge in [-0.2, -0.15) is 0 Å². The fraction of sp³-hybridized carbons (Fsp3) is 0.364. The standard InChI is InChI=1S/2C21H23.C2H7Si.2ClH.Zr/c2*1-15-8-10-17(11-9-15)19-7-5-6-18-12-16(13-20(18)19)14-21(2,3)4;1-3-2;;;/h2*5-13H,14H2,1-4H3;3H,1-2H3;2*1H;/q;;;;;+2/p-2. The molecule has 2 unspecified atom stereocenters. The van der Waals surface area contributed by atoms with Crippen molar-refractivity contribution in [3.05, 3.63) is 129 Å². The van der Waals surface area contributed by atoms with Crippen LogP contribution in [0.25, 0.3) is 34.4 Å². The first kappa shape index (κ1) is 35.9. The zero-order valence-electron chi connectivity index (χ0n) is 30.6. The monoisotopic (exact) mass is 769 g/mol. The number of hydrogen-bond acceptors (Lipinski definition) is 0. The van der Waals surface area contributed by atoms with Crippen LogP contribution in [0.3, 0.4) is 0 Å². The van der Waals surface area contributed by atoms with E-state index in [0.717, 1.165) is 12.8 Å². The van der Waals surface area contributed by atoms with E-state index in [0.29, 0.717) is 0 Å². The summed E-state index contributed by atoms with van der Waals surface area (Å²) in [5.74, 6) is -1.69. The summed E-state index contributed by atoms with van der Waals surface area (Å²) in [6.07, 6.45) is 6.98. The van der Waals surface area contributed by atoms with Crippen molar-refractivity contribution in [3.8, 4) is 22.3 Å². The summed E-state index contributed by atoms with van der Waals surface area (Å²) < 4.78 is 0.145. The Morgan fingerprint density at radius 2 is 0.917 bits per heavy atom. The second-order valence-electron chi connectivity index (χ2n) is 17.5. The first-order chi connectivity index (χ1) is 22.4. The summed E-state index contributed by atoms with van der Waals surface area (Å²) in [5, 5.41) is 0. The molecule has 2 atom stereocenters. The number of hydrogen-bond donors (Lipinski definition) is 0. The number of allylic oxidation sites excluding steroid dienone is 2. The summed E-state index contributed by atoms with van der Waals surface area (Å²) in [5.41, 5.74) is 16.1. The zero-order chi connectivity index (χ0) is 34.8. The molecule has 0 fully saturated rings. The first-order valence-electron chi connectivity index (χ1n) is 17.8. The van der Waals surface area contributed by atoms with Crippen LogP contribution in [0.5, 0.6) is 0 Å². The van der Waals surface area contributed by atoms with Crippen molar-refractivity contribution in [2.24, 2.45) is 10.8 Å². The molecule has 0 N–H and O–H groups in total. The molecule has 2 aliphatic carbocycles. The Morgan fingerprint density at radius 1 is 0.562 bits per heavy atom. The number of rotatable bonds is 7. The maximum absolute atomic E-state index is 8.84. The predicted molar refractivity (Wildman–Crippen MR) is 213 cm³/mol. The Labute approximate surface area is 299 Å². The summed E-state index contributed by atoms with van der Waals surface area (Å²) in [7, 11) is 17.7. The van der Waals surface area contributed by atoms with E-state index >= 15 is 0 Å². The van der Waals surface area contributed by atoms with Crippen LogP contribution < -0.4 is 0 Å². The Morgan fingerprint density at radius 3 is 1.23 bits per heavy atom. The molecule has 0 aromatic heterocycles. The third-order valence-electron chi connectivity index (χ3n) is 10.7. The van der Waals surface area contributed by atoms with E-state index in [1.165, 1.54) is 66.8 Å². The molecule has 0 radical (unpaired) electrons. The van der Waals surface area contributed by atoms with Crippen LogP contribution in [-0.4, -0.2) is 5.92 Å². The molecular formula is C44H53Cl2SiZr. The second kappa shape index (κ2) is 12.7. The molecule has 4 heteroatoms. The van der Waals surface area contributed by atoms with Crippen LogP contribution in [0.4, 0.5) is 0 Å². The van der Waals surface area contributed by atoms with Gasteiger partial charge < -0.3 is 0 Å². The second-order valence-corrected chi connectivity index (χ2v) is 60.0. The van der Waals surface area contributed by atoms with E-state index in [1.54, 1.807) is 0 Å². The van der Waals surface area contributed by atoms with Gasteiger partial charge in [0.15, 0.2) is 0 Å². The Hall–Kier alpha value is -1.96. The van der Waals surface area contributed by atoms with Crippen molar-refractivity contribution in [2.45, 2.75) is 88.6 Å². The third-order valence-corrected chi connectivity index (χ3v) is 62.6. The van der Waals surface area contributed by atoms with Crippen molar-refractivity contribution in [1.82, 2.24) is 0 Å². The van der Waals surface area contributed by atoms with Crippen LogP contribution in [0, 0.1) is 24.7 Å². The third kappa shape index (κ3) is 6.50. The van der Waals surface area contributed by atoms with Gasteiger partial charge in [0.2, 0.25) is 0 Å². The van der Waals surface area contributed by atoms with Gasteiger partial charge in [-0.15, -0.1) is 0 Å². The van der Waals surface area contributed by atoms with Crippen LogP contribution in [0.15, 0.2) is 96.1 Å². The molecule has 0 saturated heterocycles. The summed E-state index contributed by atoms with van der Waals surface area (Å²) in [6, 6.07) is 31.8. The van der Waals surface area contributed by atoms with Crippen molar-refractivity contribution in [1.29, 1.82) is 0 Å². The van der Waals surface area contributed by atoms with E-state index in [2.05, 4.69) is 166 Å². The van der Waals surface area contributed by atoms with Gasteiger partial charge in [0.05, 0.1) is 0 Å². The molecule has 0 bridgehead atoms. The number of aryl methyl sites for hydroxylation is 2. The number of fused-ring (bicyclic) bond motifs is 2. The van der Waals surface area contributed by atoms with Crippen molar-refractivity contribution in [3.63, 3.8) is 0 Å². The molecule has 0 saturated carbocycles. The summed E-state index contributed by atoms with van der Waals surface area (Å²) in [6.45, 7) is 23.4.